The number of anilines is 1. The summed E-state index contributed by atoms with van der Waals surface area (Å²) in [5.41, 5.74) is 2.33. The fourth-order valence-electron chi connectivity index (χ4n) is 2.60. The van der Waals surface area contributed by atoms with Gasteiger partial charge in [-0.15, -0.1) is 11.3 Å². The Labute approximate surface area is 143 Å². The van der Waals surface area contributed by atoms with Crippen molar-refractivity contribution in [2.45, 2.75) is 31.9 Å². The molecule has 1 aliphatic rings. The number of halogens is 1. The lowest BCUT2D eigenvalue weighted by Gasteiger charge is -2.08. The lowest BCUT2D eigenvalue weighted by Crippen LogP contribution is -2.35. The van der Waals surface area contributed by atoms with Gasteiger partial charge in [0.2, 0.25) is 5.91 Å². The van der Waals surface area contributed by atoms with E-state index < -0.39 is 6.10 Å². The second-order valence-corrected chi connectivity index (χ2v) is 7.27. The maximum absolute atomic E-state index is 12.1. The monoisotopic (exact) mass is 351 g/mol. The standard InChI is InChI=1S/C16H18ClN3O2S/c1-9-4-11(17)3-2-10(9)5-13-8-19-16(23-13)20-15(22)14-6-12(21)7-18-14/h2-4,8,12,14,18,21H,5-7H2,1H3,(H,19,20,22). The van der Waals surface area contributed by atoms with E-state index in [1.54, 1.807) is 6.20 Å². The quantitative estimate of drug-likeness (QED) is 0.790. The molecule has 2 aromatic rings. The van der Waals surface area contributed by atoms with E-state index in [4.69, 9.17) is 11.6 Å². The average molecular weight is 352 g/mol. The van der Waals surface area contributed by atoms with Gasteiger partial charge in [0, 0.05) is 29.1 Å². The third-order valence-corrected chi connectivity index (χ3v) is 5.03. The smallest absolute Gasteiger partial charge is 0.243 e. The number of aromatic nitrogens is 1. The summed E-state index contributed by atoms with van der Waals surface area (Å²) >= 11 is 7.44. The minimum absolute atomic E-state index is 0.148. The Bertz CT molecular complexity index is 719. The third-order valence-electron chi connectivity index (χ3n) is 3.88. The van der Waals surface area contributed by atoms with E-state index in [-0.39, 0.29) is 11.9 Å². The fourth-order valence-corrected chi connectivity index (χ4v) is 3.67. The lowest BCUT2D eigenvalue weighted by atomic mass is 10.1. The Morgan fingerprint density at radius 1 is 1.57 bits per heavy atom. The number of thiazole rings is 1. The summed E-state index contributed by atoms with van der Waals surface area (Å²) < 4.78 is 0. The first-order valence-corrected chi connectivity index (χ1v) is 8.63. The van der Waals surface area contributed by atoms with Gasteiger partial charge < -0.3 is 15.7 Å². The number of nitrogens with one attached hydrogen (secondary N) is 2. The second kappa shape index (κ2) is 6.97. The molecule has 1 aliphatic heterocycles. The zero-order valence-corrected chi connectivity index (χ0v) is 14.2. The third kappa shape index (κ3) is 4.09. The van der Waals surface area contributed by atoms with E-state index in [9.17, 15) is 9.90 Å². The van der Waals surface area contributed by atoms with Crippen LogP contribution in [0.5, 0.6) is 0 Å². The minimum Gasteiger partial charge on any atom is -0.392 e. The van der Waals surface area contributed by atoms with Crippen molar-refractivity contribution in [3.63, 3.8) is 0 Å². The summed E-state index contributed by atoms with van der Waals surface area (Å²) in [5.74, 6) is -0.148. The van der Waals surface area contributed by atoms with Crippen LogP contribution < -0.4 is 10.6 Å². The molecule has 1 saturated heterocycles. The highest BCUT2D eigenvalue weighted by Gasteiger charge is 2.28. The summed E-state index contributed by atoms with van der Waals surface area (Å²) in [5, 5.41) is 16.6. The van der Waals surface area contributed by atoms with Crippen molar-refractivity contribution in [3.05, 3.63) is 45.4 Å². The number of aliphatic hydroxyl groups is 1. The maximum Gasteiger partial charge on any atom is 0.243 e. The molecule has 1 aromatic heterocycles. The van der Waals surface area contributed by atoms with Crippen LogP contribution in [0.2, 0.25) is 5.02 Å². The van der Waals surface area contributed by atoms with Gasteiger partial charge in [0.25, 0.3) is 0 Å². The number of rotatable bonds is 4. The number of hydrogen-bond acceptors (Lipinski definition) is 5. The van der Waals surface area contributed by atoms with Crippen molar-refractivity contribution < 1.29 is 9.90 Å². The van der Waals surface area contributed by atoms with E-state index in [1.807, 2.05) is 25.1 Å². The maximum atomic E-state index is 12.1. The van der Waals surface area contributed by atoms with Gasteiger partial charge in [-0.3, -0.25) is 4.79 Å². The molecule has 0 aliphatic carbocycles. The van der Waals surface area contributed by atoms with Gasteiger partial charge in [-0.25, -0.2) is 4.98 Å². The number of nitrogens with zero attached hydrogens (tertiary/aromatic N) is 1. The highest BCUT2D eigenvalue weighted by Crippen LogP contribution is 2.24. The number of aryl methyl sites for hydroxylation is 1. The molecule has 3 N–H and O–H groups in total. The molecule has 2 unspecified atom stereocenters. The first-order chi connectivity index (χ1) is 11.0. The molecule has 1 fully saturated rings. The predicted octanol–water partition coefficient (Wildman–Crippen LogP) is 2.36. The molecule has 0 saturated carbocycles. The van der Waals surface area contributed by atoms with Gasteiger partial charge >= 0.3 is 0 Å². The van der Waals surface area contributed by atoms with E-state index in [2.05, 4.69) is 15.6 Å². The molecule has 2 heterocycles. The zero-order valence-electron chi connectivity index (χ0n) is 12.7. The van der Waals surface area contributed by atoms with Crippen LogP contribution in [0.25, 0.3) is 0 Å². The molecule has 1 aromatic carbocycles. The SMILES string of the molecule is Cc1cc(Cl)ccc1Cc1cnc(NC(=O)C2CC(O)CN2)s1. The van der Waals surface area contributed by atoms with Crippen molar-refractivity contribution in [1.29, 1.82) is 0 Å². The summed E-state index contributed by atoms with van der Waals surface area (Å²) in [6.07, 6.45) is 2.53. The van der Waals surface area contributed by atoms with Crippen LogP contribution in [0.15, 0.2) is 24.4 Å². The molecule has 3 rings (SSSR count). The largest absolute Gasteiger partial charge is 0.392 e. The molecule has 0 bridgehead atoms. The number of hydrogen-bond donors (Lipinski definition) is 3. The van der Waals surface area contributed by atoms with Gasteiger partial charge in [0.05, 0.1) is 12.1 Å². The topological polar surface area (TPSA) is 74.2 Å². The molecule has 7 heteroatoms. The summed E-state index contributed by atoms with van der Waals surface area (Å²) in [7, 11) is 0. The zero-order chi connectivity index (χ0) is 16.4. The van der Waals surface area contributed by atoms with Crippen LogP contribution in [0.1, 0.15) is 22.4 Å². The van der Waals surface area contributed by atoms with Crippen LogP contribution in [0.4, 0.5) is 5.13 Å². The highest BCUT2D eigenvalue weighted by molar-refractivity contribution is 7.15. The van der Waals surface area contributed by atoms with Crippen molar-refractivity contribution in [1.82, 2.24) is 10.3 Å². The van der Waals surface area contributed by atoms with Crippen LogP contribution in [-0.4, -0.2) is 34.7 Å². The van der Waals surface area contributed by atoms with E-state index in [1.165, 1.54) is 16.9 Å². The number of carbonyl (C=O) groups is 1. The Hall–Kier alpha value is -1.47. The molecule has 122 valence electrons. The number of benzene rings is 1. The number of carbonyl (C=O) groups excluding carboxylic acids is 1. The van der Waals surface area contributed by atoms with Crippen molar-refractivity contribution in [2.24, 2.45) is 0 Å². The van der Waals surface area contributed by atoms with Gasteiger partial charge in [-0.05, 0) is 36.6 Å². The van der Waals surface area contributed by atoms with Crippen molar-refractivity contribution >= 4 is 34.0 Å². The van der Waals surface area contributed by atoms with E-state index in [0.717, 1.165) is 21.9 Å². The summed E-state index contributed by atoms with van der Waals surface area (Å²) in [6.45, 7) is 2.49. The minimum atomic E-state index is -0.453. The number of β-amino-alcohol motifs (C(OH)–C–C–N with tert-alkyl or cyclic N) is 1. The van der Waals surface area contributed by atoms with Crippen LogP contribution in [-0.2, 0) is 11.2 Å². The molecule has 0 spiro atoms. The Morgan fingerprint density at radius 2 is 2.39 bits per heavy atom. The average Bonchev–Trinajstić information content (AvgIpc) is 3.11. The van der Waals surface area contributed by atoms with Crippen LogP contribution in [0, 0.1) is 6.92 Å². The van der Waals surface area contributed by atoms with Gasteiger partial charge in [0.1, 0.15) is 0 Å². The van der Waals surface area contributed by atoms with Crippen LogP contribution in [0.3, 0.4) is 0 Å². The van der Waals surface area contributed by atoms with Gasteiger partial charge in [0.15, 0.2) is 5.13 Å². The van der Waals surface area contributed by atoms with Crippen molar-refractivity contribution in [2.75, 3.05) is 11.9 Å². The molecular formula is C16H18ClN3O2S. The molecule has 0 radical (unpaired) electrons. The van der Waals surface area contributed by atoms with Gasteiger partial charge in [-0.2, -0.15) is 0 Å². The first kappa shape index (κ1) is 16.4. The van der Waals surface area contributed by atoms with E-state index in [0.29, 0.717) is 18.1 Å². The molecule has 5 nitrogen and oxygen atoms in total. The normalized spacial score (nSPS) is 20.7. The first-order valence-electron chi connectivity index (χ1n) is 7.43. The van der Waals surface area contributed by atoms with Crippen LogP contribution >= 0.6 is 22.9 Å². The summed E-state index contributed by atoms with van der Waals surface area (Å²) in [6, 6.07) is 5.48. The lowest BCUT2D eigenvalue weighted by molar-refractivity contribution is -0.117. The Morgan fingerprint density at radius 3 is 3.09 bits per heavy atom. The van der Waals surface area contributed by atoms with Crippen molar-refractivity contribution in [3.8, 4) is 0 Å². The van der Waals surface area contributed by atoms with Gasteiger partial charge in [-0.1, -0.05) is 17.7 Å². The second-order valence-electron chi connectivity index (χ2n) is 5.72. The number of aliphatic hydroxyl groups excluding tert-OH is 1. The number of amides is 1. The molecule has 23 heavy (non-hydrogen) atoms. The van der Waals surface area contributed by atoms with E-state index >= 15 is 0 Å². The predicted molar refractivity (Wildman–Crippen MR) is 92.2 cm³/mol. The molecular weight excluding hydrogens is 334 g/mol. The Kier molecular flexibility index (Phi) is 4.96. The molecule has 1 amide bonds. The molecule has 2 atom stereocenters. The highest BCUT2D eigenvalue weighted by atomic mass is 35.5. The fraction of sp³-hybridized carbons (Fsp3) is 0.375. The summed E-state index contributed by atoms with van der Waals surface area (Å²) in [4.78, 5) is 17.4. The Balaban J connectivity index is 1.62.